The molecule has 30 heavy (non-hydrogen) atoms. The molecule has 3 heterocycles. The molecule has 0 saturated carbocycles. The molecule has 0 unspecified atom stereocenters. The van der Waals surface area contributed by atoms with Gasteiger partial charge >= 0.3 is 6.18 Å². The molecule has 0 amide bonds. The van der Waals surface area contributed by atoms with E-state index < -0.39 is 11.7 Å². The number of aromatic nitrogens is 4. The quantitative estimate of drug-likeness (QED) is 0.573. The summed E-state index contributed by atoms with van der Waals surface area (Å²) in [5, 5.41) is 11.2. The van der Waals surface area contributed by atoms with Crippen LogP contribution in [-0.4, -0.2) is 33.0 Å². The first-order chi connectivity index (χ1) is 14.3. The van der Waals surface area contributed by atoms with E-state index in [-0.39, 0.29) is 22.1 Å². The molecule has 0 radical (unpaired) electrons. The summed E-state index contributed by atoms with van der Waals surface area (Å²) in [6, 6.07) is 8.70. The van der Waals surface area contributed by atoms with Gasteiger partial charge in [0.25, 0.3) is 0 Å². The lowest BCUT2D eigenvalue weighted by molar-refractivity contribution is -0.138. The Morgan fingerprint density at radius 3 is 2.70 bits per heavy atom. The van der Waals surface area contributed by atoms with E-state index in [1.165, 1.54) is 6.20 Å². The van der Waals surface area contributed by atoms with Crippen molar-refractivity contribution in [1.29, 1.82) is 0 Å². The van der Waals surface area contributed by atoms with Crippen LogP contribution in [0.1, 0.15) is 22.6 Å². The maximum absolute atomic E-state index is 13.3. The summed E-state index contributed by atoms with van der Waals surface area (Å²) in [6.07, 6.45) is -0.785. The molecular weight excluding hydrogens is 463 g/mol. The van der Waals surface area contributed by atoms with Crippen molar-refractivity contribution in [3.8, 4) is 0 Å². The Balaban J connectivity index is 1.54. The van der Waals surface area contributed by atoms with Gasteiger partial charge in [-0.05, 0) is 39.7 Å². The summed E-state index contributed by atoms with van der Waals surface area (Å²) in [5.41, 5.74) is 0.713. The van der Waals surface area contributed by atoms with Crippen molar-refractivity contribution < 1.29 is 17.9 Å². The van der Waals surface area contributed by atoms with Crippen LogP contribution in [0, 0.1) is 0 Å². The van der Waals surface area contributed by atoms with Crippen LogP contribution in [0.4, 0.5) is 18.9 Å². The monoisotopic (exact) mass is 481 g/mol. The van der Waals surface area contributed by atoms with Gasteiger partial charge in [-0.2, -0.15) is 13.2 Å². The number of rotatable bonds is 6. The number of ether oxygens (including phenoxy) is 1. The molecule has 0 spiro atoms. The van der Waals surface area contributed by atoms with Crippen LogP contribution in [0.15, 0.2) is 47.3 Å². The number of hydrogen-bond donors (Lipinski definition) is 1. The molecule has 1 aromatic carbocycles. The lowest BCUT2D eigenvalue weighted by atomic mass is 9.75. The van der Waals surface area contributed by atoms with E-state index >= 15 is 0 Å². The van der Waals surface area contributed by atoms with Crippen LogP contribution in [0.2, 0.25) is 0 Å². The molecule has 1 fully saturated rings. The average molecular weight is 482 g/mol. The smallest absolute Gasteiger partial charge is 0.379 e. The largest absolute Gasteiger partial charge is 0.418 e. The van der Waals surface area contributed by atoms with Gasteiger partial charge in [0, 0.05) is 35.2 Å². The average Bonchev–Trinajstić information content (AvgIpc) is 3.07. The van der Waals surface area contributed by atoms with E-state index in [1.807, 2.05) is 35.9 Å². The number of anilines is 1. The van der Waals surface area contributed by atoms with Crippen LogP contribution in [0.25, 0.3) is 0 Å². The molecule has 1 aliphatic rings. The first-order valence-corrected chi connectivity index (χ1v) is 10.0. The number of halogens is 4. The second kappa shape index (κ2) is 7.99. The molecule has 158 valence electrons. The standard InChI is InChI=1S/C20H19BrF3N5O/c1-29-12-27-28-18(29)7-19(10-30-11-19)13-3-2-4-15(5-13)25-9-17-16(20(22,23)24)6-14(21)8-26-17/h2-6,8,12,25H,7,9-11H2,1H3. The van der Waals surface area contributed by atoms with Crippen LogP contribution in [0.3, 0.4) is 0 Å². The lowest BCUT2D eigenvalue weighted by Gasteiger charge is -2.41. The summed E-state index contributed by atoms with van der Waals surface area (Å²) >= 11 is 3.05. The van der Waals surface area contributed by atoms with Crippen LogP contribution in [-0.2, 0) is 36.3 Å². The highest BCUT2D eigenvalue weighted by molar-refractivity contribution is 9.10. The van der Waals surface area contributed by atoms with Crippen molar-refractivity contribution in [3.05, 3.63) is 70.0 Å². The topological polar surface area (TPSA) is 64.9 Å². The van der Waals surface area contributed by atoms with E-state index in [4.69, 9.17) is 4.74 Å². The highest BCUT2D eigenvalue weighted by Crippen LogP contribution is 2.37. The third-order valence-electron chi connectivity index (χ3n) is 5.24. The number of benzene rings is 1. The molecule has 1 aliphatic heterocycles. The maximum atomic E-state index is 13.3. The first-order valence-electron chi connectivity index (χ1n) is 9.23. The number of pyridine rings is 1. The van der Waals surface area contributed by atoms with E-state index in [0.29, 0.717) is 19.6 Å². The van der Waals surface area contributed by atoms with E-state index in [2.05, 4.69) is 36.4 Å². The van der Waals surface area contributed by atoms with Crippen molar-refractivity contribution in [2.75, 3.05) is 18.5 Å². The second-order valence-corrected chi connectivity index (χ2v) is 8.30. The molecule has 1 saturated heterocycles. The third kappa shape index (κ3) is 4.20. The normalized spacial score (nSPS) is 15.6. The Labute approximate surface area is 179 Å². The summed E-state index contributed by atoms with van der Waals surface area (Å²) in [7, 11) is 1.89. The zero-order valence-electron chi connectivity index (χ0n) is 16.1. The van der Waals surface area contributed by atoms with Crippen molar-refractivity contribution in [1.82, 2.24) is 19.7 Å². The van der Waals surface area contributed by atoms with Crippen LogP contribution in [0.5, 0.6) is 0 Å². The number of aryl methyl sites for hydroxylation is 1. The van der Waals surface area contributed by atoms with Gasteiger partial charge in [-0.3, -0.25) is 4.98 Å². The molecular formula is C20H19BrF3N5O. The Morgan fingerprint density at radius 2 is 2.07 bits per heavy atom. The molecule has 4 rings (SSSR count). The zero-order chi connectivity index (χ0) is 21.4. The third-order valence-corrected chi connectivity index (χ3v) is 5.67. The van der Waals surface area contributed by atoms with Crippen molar-refractivity contribution in [2.45, 2.75) is 24.6 Å². The predicted molar refractivity (Wildman–Crippen MR) is 108 cm³/mol. The molecule has 10 heteroatoms. The maximum Gasteiger partial charge on any atom is 0.418 e. The number of nitrogens with zero attached hydrogens (tertiary/aromatic N) is 4. The fraction of sp³-hybridized carbons (Fsp3) is 0.350. The molecule has 2 aromatic heterocycles. The van der Waals surface area contributed by atoms with Gasteiger partial charge in [-0.1, -0.05) is 12.1 Å². The molecule has 1 N–H and O–H groups in total. The fourth-order valence-electron chi connectivity index (χ4n) is 3.49. The number of hydrogen-bond acceptors (Lipinski definition) is 5. The Hall–Kier alpha value is -2.46. The summed E-state index contributed by atoms with van der Waals surface area (Å²) < 4.78 is 47.6. The highest BCUT2D eigenvalue weighted by Gasteiger charge is 2.41. The van der Waals surface area contributed by atoms with Crippen molar-refractivity contribution in [3.63, 3.8) is 0 Å². The van der Waals surface area contributed by atoms with E-state index in [9.17, 15) is 13.2 Å². The van der Waals surface area contributed by atoms with Crippen LogP contribution >= 0.6 is 15.9 Å². The Morgan fingerprint density at radius 1 is 1.27 bits per heavy atom. The van der Waals surface area contributed by atoms with Crippen LogP contribution < -0.4 is 5.32 Å². The van der Waals surface area contributed by atoms with Gasteiger partial charge in [-0.15, -0.1) is 10.2 Å². The predicted octanol–water partition coefficient (Wildman–Crippen LogP) is 4.11. The number of nitrogens with one attached hydrogen (secondary N) is 1. The lowest BCUT2D eigenvalue weighted by Crippen LogP contribution is -2.49. The van der Waals surface area contributed by atoms with Gasteiger partial charge in [0.1, 0.15) is 12.2 Å². The van der Waals surface area contributed by atoms with Gasteiger partial charge < -0.3 is 14.6 Å². The highest BCUT2D eigenvalue weighted by atomic mass is 79.9. The minimum Gasteiger partial charge on any atom is -0.379 e. The van der Waals surface area contributed by atoms with E-state index in [1.54, 1.807) is 6.33 Å². The van der Waals surface area contributed by atoms with Gasteiger partial charge in [-0.25, -0.2) is 0 Å². The fourth-order valence-corrected chi connectivity index (χ4v) is 3.82. The summed E-state index contributed by atoms with van der Waals surface area (Å²) in [4.78, 5) is 3.95. The van der Waals surface area contributed by atoms with Gasteiger partial charge in [0.15, 0.2) is 0 Å². The summed E-state index contributed by atoms with van der Waals surface area (Å²) in [6.45, 7) is 1.06. The zero-order valence-corrected chi connectivity index (χ0v) is 17.7. The van der Waals surface area contributed by atoms with Crippen molar-refractivity contribution >= 4 is 21.6 Å². The molecule has 0 aliphatic carbocycles. The molecule has 3 aromatic rings. The first kappa shape index (κ1) is 20.8. The van der Waals surface area contributed by atoms with Crippen molar-refractivity contribution in [2.24, 2.45) is 7.05 Å². The second-order valence-electron chi connectivity index (χ2n) is 7.39. The molecule has 0 bridgehead atoms. The van der Waals surface area contributed by atoms with E-state index in [0.717, 1.165) is 23.1 Å². The summed E-state index contributed by atoms with van der Waals surface area (Å²) in [5.74, 6) is 0.852. The van der Waals surface area contributed by atoms with Gasteiger partial charge in [0.05, 0.1) is 31.0 Å². The molecule has 6 nitrogen and oxygen atoms in total. The minimum atomic E-state index is -4.47. The SMILES string of the molecule is Cn1cnnc1CC1(c2cccc(NCc3ncc(Br)cc3C(F)(F)F)c2)COC1. The number of alkyl halides is 3. The Kier molecular flexibility index (Phi) is 5.54. The van der Waals surface area contributed by atoms with Gasteiger partial charge in [0.2, 0.25) is 0 Å². The Bertz CT molecular complexity index is 1050. The molecule has 0 atom stereocenters. The minimum absolute atomic E-state index is 0.0433.